The van der Waals surface area contributed by atoms with Gasteiger partial charge in [0.15, 0.2) is 0 Å². The zero-order valence-electron chi connectivity index (χ0n) is 12.0. The minimum atomic E-state index is -1.88. The van der Waals surface area contributed by atoms with Crippen molar-refractivity contribution >= 4 is 17.5 Å². The molecule has 1 aromatic carbocycles. The first-order valence-electron chi connectivity index (χ1n) is 7.52. The maximum atomic E-state index is 12.5. The molecular formula is C16H20N2O3. The average Bonchev–Trinajstić information content (AvgIpc) is 2.85. The number of amides is 2. The van der Waals surface area contributed by atoms with Gasteiger partial charge in [-0.15, -0.1) is 0 Å². The van der Waals surface area contributed by atoms with Crippen LogP contribution >= 0.6 is 0 Å². The molecule has 2 fully saturated rings. The molecule has 0 unspecified atom stereocenters. The van der Waals surface area contributed by atoms with Crippen LogP contribution in [0.25, 0.3) is 0 Å². The molecule has 0 aliphatic carbocycles. The zero-order valence-corrected chi connectivity index (χ0v) is 12.0. The van der Waals surface area contributed by atoms with Crippen molar-refractivity contribution in [1.29, 1.82) is 0 Å². The number of hydrogen-bond acceptors (Lipinski definition) is 3. The van der Waals surface area contributed by atoms with Gasteiger partial charge in [0.2, 0.25) is 5.60 Å². The van der Waals surface area contributed by atoms with Crippen LogP contribution in [0.1, 0.15) is 25.7 Å². The van der Waals surface area contributed by atoms with Crippen molar-refractivity contribution in [2.75, 3.05) is 24.5 Å². The quantitative estimate of drug-likeness (QED) is 0.831. The van der Waals surface area contributed by atoms with Gasteiger partial charge < -0.3 is 14.9 Å². The molecule has 112 valence electrons. The van der Waals surface area contributed by atoms with E-state index in [9.17, 15) is 14.7 Å². The lowest BCUT2D eigenvalue weighted by molar-refractivity contribution is -0.158. The molecule has 5 nitrogen and oxygen atoms in total. The van der Waals surface area contributed by atoms with E-state index in [1.54, 1.807) is 4.90 Å². The molecule has 0 radical (unpaired) electrons. The first-order chi connectivity index (χ1) is 10.1. The molecule has 0 spiro atoms. The van der Waals surface area contributed by atoms with Gasteiger partial charge >= 0.3 is 0 Å². The minimum Gasteiger partial charge on any atom is -0.372 e. The second-order valence-electron chi connectivity index (χ2n) is 5.76. The predicted molar refractivity (Wildman–Crippen MR) is 78.8 cm³/mol. The molecule has 5 heteroatoms. The Morgan fingerprint density at radius 2 is 1.71 bits per heavy atom. The summed E-state index contributed by atoms with van der Waals surface area (Å²) >= 11 is 0. The van der Waals surface area contributed by atoms with Gasteiger partial charge in [-0.1, -0.05) is 18.2 Å². The first kappa shape index (κ1) is 14.1. The van der Waals surface area contributed by atoms with Crippen LogP contribution in [0.3, 0.4) is 0 Å². The Bertz CT molecular complexity index is 540. The fourth-order valence-electron chi connectivity index (χ4n) is 3.12. The van der Waals surface area contributed by atoms with Gasteiger partial charge in [0.1, 0.15) is 0 Å². The van der Waals surface area contributed by atoms with Crippen LogP contribution in [0.4, 0.5) is 5.69 Å². The van der Waals surface area contributed by atoms with Crippen LogP contribution in [0.15, 0.2) is 30.3 Å². The van der Waals surface area contributed by atoms with Crippen molar-refractivity contribution in [3.63, 3.8) is 0 Å². The summed E-state index contributed by atoms with van der Waals surface area (Å²) in [5.74, 6) is -0.921. The SMILES string of the molecule is O=C(N1CCCCC1)[C@@]1(O)CCN(c2ccccc2)C1=O. The molecule has 1 aromatic rings. The fraction of sp³-hybridized carbons (Fsp3) is 0.500. The lowest BCUT2D eigenvalue weighted by Crippen LogP contribution is -2.55. The molecule has 0 saturated carbocycles. The van der Waals surface area contributed by atoms with Crippen molar-refractivity contribution in [2.45, 2.75) is 31.3 Å². The number of para-hydroxylation sites is 1. The summed E-state index contributed by atoms with van der Waals surface area (Å²) in [6.07, 6.45) is 3.15. The van der Waals surface area contributed by atoms with Gasteiger partial charge in [0, 0.05) is 31.7 Å². The molecule has 1 atom stereocenters. The maximum Gasteiger partial charge on any atom is 0.268 e. The molecule has 2 amide bonds. The highest BCUT2D eigenvalue weighted by molar-refractivity contribution is 6.16. The van der Waals surface area contributed by atoms with Crippen molar-refractivity contribution in [1.82, 2.24) is 4.90 Å². The Labute approximate surface area is 124 Å². The smallest absolute Gasteiger partial charge is 0.268 e. The Hall–Kier alpha value is -1.88. The summed E-state index contributed by atoms with van der Waals surface area (Å²) in [4.78, 5) is 28.2. The van der Waals surface area contributed by atoms with Gasteiger partial charge in [0.05, 0.1) is 0 Å². The van der Waals surface area contributed by atoms with Crippen LogP contribution in [-0.2, 0) is 9.59 Å². The average molecular weight is 288 g/mol. The maximum absolute atomic E-state index is 12.5. The number of carbonyl (C=O) groups is 2. The molecule has 2 heterocycles. The second kappa shape index (κ2) is 5.48. The lowest BCUT2D eigenvalue weighted by atomic mass is 9.98. The topological polar surface area (TPSA) is 60.9 Å². The van der Waals surface area contributed by atoms with E-state index in [4.69, 9.17) is 0 Å². The lowest BCUT2D eigenvalue weighted by Gasteiger charge is -2.32. The van der Waals surface area contributed by atoms with Crippen LogP contribution < -0.4 is 4.90 Å². The molecule has 1 N–H and O–H groups in total. The molecular weight excluding hydrogens is 268 g/mol. The molecule has 2 saturated heterocycles. The molecule has 0 aromatic heterocycles. The number of aliphatic hydroxyl groups is 1. The van der Waals surface area contributed by atoms with Gasteiger partial charge in [0.25, 0.3) is 11.8 Å². The van der Waals surface area contributed by atoms with E-state index >= 15 is 0 Å². The number of nitrogens with zero attached hydrogens (tertiary/aromatic N) is 2. The molecule has 2 aliphatic heterocycles. The van der Waals surface area contributed by atoms with Crippen molar-refractivity contribution in [3.8, 4) is 0 Å². The van der Waals surface area contributed by atoms with E-state index in [1.165, 1.54) is 4.90 Å². The van der Waals surface area contributed by atoms with Gasteiger partial charge in [-0.3, -0.25) is 9.59 Å². The summed E-state index contributed by atoms with van der Waals surface area (Å²) in [7, 11) is 0. The van der Waals surface area contributed by atoms with Gasteiger partial charge in [-0.2, -0.15) is 0 Å². The summed E-state index contributed by atoms with van der Waals surface area (Å²) in [5, 5.41) is 10.6. The van der Waals surface area contributed by atoms with E-state index in [0.717, 1.165) is 24.9 Å². The summed E-state index contributed by atoms with van der Waals surface area (Å²) < 4.78 is 0. The van der Waals surface area contributed by atoms with Crippen LogP contribution in [0, 0.1) is 0 Å². The summed E-state index contributed by atoms with van der Waals surface area (Å²) in [5.41, 5.74) is -1.16. The number of anilines is 1. The van der Waals surface area contributed by atoms with Crippen LogP contribution in [0.2, 0.25) is 0 Å². The Morgan fingerprint density at radius 3 is 2.38 bits per heavy atom. The van der Waals surface area contributed by atoms with Gasteiger partial charge in [-0.25, -0.2) is 0 Å². The Morgan fingerprint density at radius 1 is 1.05 bits per heavy atom. The summed E-state index contributed by atoms with van der Waals surface area (Å²) in [6.45, 7) is 1.65. The van der Waals surface area contributed by atoms with Crippen molar-refractivity contribution in [3.05, 3.63) is 30.3 Å². The third-order valence-corrected chi connectivity index (χ3v) is 4.36. The number of hydrogen-bond donors (Lipinski definition) is 1. The minimum absolute atomic E-state index is 0.163. The third kappa shape index (κ3) is 2.42. The second-order valence-corrected chi connectivity index (χ2v) is 5.76. The Kier molecular flexibility index (Phi) is 3.68. The number of piperidine rings is 1. The van der Waals surface area contributed by atoms with Gasteiger partial charge in [-0.05, 0) is 31.4 Å². The molecule has 3 rings (SSSR count). The zero-order chi connectivity index (χ0) is 14.9. The first-order valence-corrected chi connectivity index (χ1v) is 7.52. The van der Waals surface area contributed by atoms with E-state index < -0.39 is 17.4 Å². The highest BCUT2D eigenvalue weighted by atomic mass is 16.3. The molecule has 21 heavy (non-hydrogen) atoms. The Balaban J connectivity index is 1.79. The number of rotatable bonds is 2. The summed E-state index contributed by atoms with van der Waals surface area (Å²) in [6, 6.07) is 9.18. The monoisotopic (exact) mass is 288 g/mol. The normalized spacial score (nSPS) is 26.2. The largest absolute Gasteiger partial charge is 0.372 e. The molecule has 2 aliphatic rings. The highest BCUT2D eigenvalue weighted by Gasteiger charge is 2.53. The number of carbonyl (C=O) groups excluding carboxylic acids is 2. The fourth-order valence-corrected chi connectivity index (χ4v) is 3.12. The third-order valence-electron chi connectivity index (χ3n) is 4.36. The van der Waals surface area contributed by atoms with E-state index in [2.05, 4.69) is 0 Å². The number of likely N-dealkylation sites (tertiary alicyclic amines) is 1. The van der Waals surface area contributed by atoms with Crippen molar-refractivity contribution in [2.24, 2.45) is 0 Å². The van der Waals surface area contributed by atoms with E-state index in [0.29, 0.717) is 19.6 Å². The van der Waals surface area contributed by atoms with Crippen LogP contribution in [0.5, 0.6) is 0 Å². The molecule has 0 bridgehead atoms. The van der Waals surface area contributed by atoms with Crippen molar-refractivity contribution < 1.29 is 14.7 Å². The van der Waals surface area contributed by atoms with E-state index in [-0.39, 0.29) is 6.42 Å². The highest BCUT2D eigenvalue weighted by Crippen LogP contribution is 2.30. The predicted octanol–water partition coefficient (Wildman–Crippen LogP) is 1.17. The number of benzene rings is 1. The standard InChI is InChI=1S/C16H20N2O3/c19-14(17-10-5-2-6-11-17)16(21)9-12-18(15(16)20)13-7-3-1-4-8-13/h1,3-4,7-8,21H,2,5-6,9-12H2/t16-/m0/s1. The van der Waals surface area contributed by atoms with Crippen LogP contribution in [-0.4, -0.2) is 47.1 Å². The van der Waals surface area contributed by atoms with E-state index in [1.807, 2.05) is 30.3 Å².